The van der Waals surface area contributed by atoms with Gasteiger partial charge in [0.1, 0.15) is 5.52 Å². The first-order chi connectivity index (χ1) is 10.1. The Kier molecular flexibility index (Phi) is 5.05. The van der Waals surface area contributed by atoms with Crippen molar-refractivity contribution in [3.05, 3.63) is 35.9 Å². The molecule has 0 saturated heterocycles. The fourth-order valence-electron chi connectivity index (χ4n) is 1.93. The minimum absolute atomic E-state index is 0.137. The van der Waals surface area contributed by atoms with Crippen molar-refractivity contribution in [3.63, 3.8) is 0 Å². The van der Waals surface area contributed by atoms with Gasteiger partial charge in [0.05, 0.1) is 18.7 Å². The van der Waals surface area contributed by atoms with Gasteiger partial charge in [0, 0.05) is 18.7 Å². The zero-order chi connectivity index (χ0) is 15.2. The summed E-state index contributed by atoms with van der Waals surface area (Å²) in [5.74, 6) is -0.137. The summed E-state index contributed by atoms with van der Waals surface area (Å²) in [6, 6.07) is 5.39. The molecule has 0 atom stereocenters. The van der Waals surface area contributed by atoms with Crippen molar-refractivity contribution in [1.82, 2.24) is 20.3 Å². The van der Waals surface area contributed by atoms with E-state index in [1.165, 1.54) is 0 Å². The monoisotopic (exact) mass is 288 g/mol. The normalized spacial score (nSPS) is 10.8. The molecule has 1 N–H and O–H groups in total. The number of amides is 1. The number of carbonyl (C=O) groups excluding carboxylic acids is 1. The van der Waals surface area contributed by atoms with Crippen LogP contribution in [0.2, 0.25) is 0 Å². The second kappa shape index (κ2) is 6.99. The van der Waals surface area contributed by atoms with Gasteiger partial charge in [-0.25, -0.2) is 4.68 Å². The van der Waals surface area contributed by atoms with Crippen molar-refractivity contribution in [2.45, 2.75) is 20.4 Å². The minimum Gasteiger partial charge on any atom is -0.375 e. The standard InChI is InChI=1S/C15H20N4O2/c1-4-19-14-6-5-12(9-13(14)17-18-19)15(20)16-7-8-21-10-11(2)3/h5-6,9H,2,4,7-8,10H2,1,3H3,(H,16,20). The summed E-state index contributed by atoms with van der Waals surface area (Å²) in [7, 11) is 0. The molecule has 1 aromatic carbocycles. The number of ether oxygens (including phenoxy) is 1. The molecule has 2 rings (SSSR count). The van der Waals surface area contributed by atoms with E-state index in [1.807, 2.05) is 19.9 Å². The largest absolute Gasteiger partial charge is 0.375 e. The Balaban J connectivity index is 1.92. The summed E-state index contributed by atoms with van der Waals surface area (Å²) in [5.41, 5.74) is 3.19. The molecule has 1 amide bonds. The molecule has 21 heavy (non-hydrogen) atoms. The van der Waals surface area contributed by atoms with Gasteiger partial charge in [-0.15, -0.1) is 5.10 Å². The molecule has 0 fully saturated rings. The van der Waals surface area contributed by atoms with Crippen molar-refractivity contribution in [2.24, 2.45) is 0 Å². The quantitative estimate of drug-likeness (QED) is 0.623. The third-order valence-corrected chi connectivity index (χ3v) is 2.96. The highest BCUT2D eigenvalue weighted by Gasteiger charge is 2.09. The highest BCUT2D eigenvalue weighted by molar-refractivity contribution is 5.97. The van der Waals surface area contributed by atoms with E-state index >= 15 is 0 Å². The number of fused-ring (bicyclic) bond motifs is 1. The summed E-state index contributed by atoms with van der Waals surface area (Å²) in [6.07, 6.45) is 0. The molecule has 1 heterocycles. The van der Waals surface area contributed by atoms with Crippen LogP contribution in [-0.2, 0) is 11.3 Å². The number of rotatable bonds is 7. The predicted octanol–water partition coefficient (Wildman–Crippen LogP) is 1.77. The van der Waals surface area contributed by atoms with Crippen LogP contribution < -0.4 is 5.32 Å². The molecule has 2 aromatic rings. The van der Waals surface area contributed by atoms with Gasteiger partial charge in [-0.2, -0.15) is 0 Å². The summed E-state index contributed by atoms with van der Waals surface area (Å²) >= 11 is 0. The van der Waals surface area contributed by atoms with Crippen molar-refractivity contribution >= 4 is 16.9 Å². The summed E-state index contributed by atoms with van der Waals surface area (Å²) in [5, 5.41) is 10.9. The Morgan fingerprint density at radius 3 is 3.00 bits per heavy atom. The Bertz CT molecular complexity index is 648. The molecule has 0 saturated carbocycles. The van der Waals surface area contributed by atoms with Crippen molar-refractivity contribution in [2.75, 3.05) is 19.8 Å². The summed E-state index contributed by atoms with van der Waals surface area (Å²) in [6.45, 7) is 9.84. The first-order valence-corrected chi connectivity index (χ1v) is 6.95. The molecule has 0 aliphatic heterocycles. The lowest BCUT2D eigenvalue weighted by Crippen LogP contribution is -2.27. The molecule has 6 nitrogen and oxygen atoms in total. The zero-order valence-corrected chi connectivity index (χ0v) is 12.4. The molecule has 0 unspecified atom stereocenters. The molecule has 0 bridgehead atoms. The van der Waals surface area contributed by atoms with E-state index in [1.54, 1.807) is 16.8 Å². The van der Waals surface area contributed by atoms with Crippen molar-refractivity contribution < 1.29 is 9.53 Å². The molecule has 1 aromatic heterocycles. The number of aryl methyl sites for hydroxylation is 1. The van der Waals surface area contributed by atoms with Crippen LogP contribution in [0.1, 0.15) is 24.2 Å². The van der Waals surface area contributed by atoms with Gasteiger partial charge in [0.2, 0.25) is 0 Å². The Morgan fingerprint density at radius 1 is 1.48 bits per heavy atom. The number of carbonyl (C=O) groups is 1. The van der Waals surface area contributed by atoms with E-state index in [0.29, 0.717) is 25.3 Å². The maximum atomic E-state index is 12.0. The smallest absolute Gasteiger partial charge is 0.251 e. The lowest BCUT2D eigenvalue weighted by Gasteiger charge is -2.06. The first kappa shape index (κ1) is 15.2. The van der Waals surface area contributed by atoms with Crippen LogP contribution in [0.25, 0.3) is 11.0 Å². The van der Waals surface area contributed by atoms with Gasteiger partial charge in [0.25, 0.3) is 5.91 Å². The molecule has 112 valence electrons. The fraction of sp³-hybridized carbons (Fsp3) is 0.400. The van der Waals surface area contributed by atoms with Gasteiger partial charge in [0.15, 0.2) is 0 Å². The lowest BCUT2D eigenvalue weighted by atomic mass is 10.2. The highest BCUT2D eigenvalue weighted by Crippen LogP contribution is 2.13. The molecular weight excluding hydrogens is 268 g/mol. The van der Waals surface area contributed by atoms with Crippen LogP contribution in [0.3, 0.4) is 0 Å². The maximum absolute atomic E-state index is 12.0. The van der Waals surface area contributed by atoms with Gasteiger partial charge in [-0.3, -0.25) is 4.79 Å². The second-order valence-corrected chi connectivity index (χ2v) is 4.87. The van der Waals surface area contributed by atoms with Crippen LogP contribution in [-0.4, -0.2) is 40.7 Å². The molecule has 6 heteroatoms. The molecule has 0 aliphatic rings. The number of nitrogens with zero attached hydrogens (tertiary/aromatic N) is 3. The van der Waals surface area contributed by atoms with Crippen LogP contribution in [0, 0.1) is 0 Å². The van der Waals surface area contributed by atoms with Crippen LogP contribution >= 0.6 is 0 Å². The van der Waals surface area contributed by atoms with E-state index in [9.17, 15) is 4.79 Å². The van der Waals surface area contributed by atoms with E-state index in [4.69, 9.17) is 4.74 Å². The van der Waals surface area contributed by atoms with Gasteiger partial charge < -0.3 is 10.1 Å². The molecule has 0 radical (unpaired) electrons. The number of aromatic nitrogens is 3. The summed E-state index contributed by atoms with van der Waals surface area (Å²) < 4.78 is 7.12. The SMILES string of the molecule is C=C(C)COCCNC(=O)c1ccc2c(c1)nnn2CC. The lowest BCUT2D eigenvalue weighted by molar-refractivity contribution is 0.0927. The fourth-order valence-corrected chi connectivity index (χ4v) is 1.93. The summed E-state index contributed by atoms with van der Waals surface area (Å²) in [4.78, 5) is 12.0. The van der Waals surface area contributed by atoms with E-state index < -0.39 is 0 Å². The first-order valence-electron chi connectivity index (χ1n) is 6.95. The van der Waals surface area contributed by atoms with Crippen molar-refractivity contribution in [3.8, 4) is 0 Å². The average Bonchev–Trinajstić information content (AvgIpc) is 2.88. The van der Waals surface area contributed by atoms with Gasteiger partial charge in [-0.05, 0) is 32.0 Å². The number of hydrogen-bond donors (Lipinski definition) is 1. The topological polar surface area (TPSA) is 69.0 Å². The molecule has 0 spiro atoms. The Labute approximate surface area is 123 Å². The average molecular weight is 288 g/mol. The number of benzene rings is 1. The van der Waals surface area contributed by atoms with Gasteiger partial charge in [-0.1, -0.05) is 17.4 Å². The number of hydrogen-bond acceptors (Lipinski definition) is 4. The second-order valence-electron chi connectivity index (χ2n) is 4.87. The Hall–Kier alpha value is -2.21. The highest BCUT2D eigenvalue weighted by atomic mass is 16.5. The van der Waals surface area contributed by atoms with E-state index in [0.717, 1.165) is 23.2 Å². The third kappa shape index (κ3) is 3.88. The van der Waals surface area contributed by atoms with Crippen LogP contribution in [0.15, 0.2) is 30.4 Å². The zero-order valence-electron chi connectivity index (χ0n) is 12.4. The van der Waals surface area contributed by atoms with Crippen molar-refractivity contribution in [1.29, 1.82) is 0 Å². The molecule has 0 aliphatic carbocycles. The third-order valence-electron chi connectivity index (χ3n) is 2.96. The van der Waals surface area contributed by atoms with Gasteiger partial charge >= 0.3 is 0 Å². The van der Waals surface area contributed by atoms with E-state index in [2.05, 4.69) is 22.2 Å². The maximum Gasteiger partial charge on any atom is 0.251 e. The minimum atomic E-state index is -0.137. The van der Waals surface area contributed by atoms with E-state index in [-0.39, 0.29) is 5.91 Å². The van der Waals surface area contributed by atoms with Crippen LogP contribution in [0.4, 0.5) is 0 Å². The Morgan fingerprint density at radius 2 is 2.29 bits per heavy atom. The molecular formula is C15H20N4O2. The number of nitrogens with one attached hydrogen (secondary N) is 1. The predicted molar refractivity (Wildman–Crippen MR) is 81.2 cm³/mol. The van der Waals surface area contributed by atoms with Crippen LogP contribution in [0.5, 0.6) is 0 Å².